The van der Waals surface area contributed by atoms with Gasteiger partial charge in [0.25, 0.3) is 12.3 Å². The molecule has 1 amide bonds. The predicted octanol–water partition coefficient (Wildman–Crippen LogP) is 3.24. The number of rotatable bonds is 6. The quantitative estimate of drug-likeness (QED) is 0.823. The first-order valence-electron chi connectivity index (χ1n) is 7.42. The Balaban J connectivity index is 2.45. The molecule has 0 aliphatic heterocycles. The molecule has 0 aliphatic carbocycles. The van der Waals surface area contributed by atoms with Gasteiger partial charge in [0, 0.05) is 18.8 Å². The molecule has 22 heavy (non-hydrogen) atoms. The Labute approximate surface area is 127 Å². The van der Waals surface area contributed by atoms with Crippen molar-refractivity contribution in [2.75, 3.05) is 13.1 Å². The third kappa shape index (κ3) is 3.08. The molecule has 0 bridgehead atoms. The number of amides is 1. The van der Waals surface area contributed by atoms with Crippen LogP contribution in [0.25, 0.3) is 5.65 Å². The Bertz CT molecular complexity index is 669. The normalized spacial score (nSPS) is 11.4. The fourth-order valence-electron chi connectivity index (χ4n) is 2.34. The maximum Gasteiger partial charge on any atom is 0.280 e. The summed E-state index contributed by atoms with van der Waals surface area (Å²) in [5.41, 5.74) is 0.644. The molecule has 0 saturated heterocycles. The number of alkyl halides is 2. The maximum atomic E-state index is 13.1. The van der Waals surface area contributed by atoms with Crippen LogP contribution in [0.3, 0.4) is 0 Å². The highest BCUT2D eigenvalue weighted by atomic mass is 19.3. The first kappa shape index (κ1) is 16.3. The van der Waals surface area contributed by atoms with Gasteiger partial charge < -0.3 is 4.90 Å². The standard InChI is InChI=1S/C15H20F2N4O/c1-4-6-7-20(5-2)15(22)11-9-18-21-12(13(16)17)8-10(3)19-14(11)21/h8-9,13H,4-7H2,1-3H3. The molecule has 2 heterocycles. The number of hydrogen-bond acceptors (Lipinski definition) is 3. The molecule has 2 rings (SSSR count). The summed E-state index contributed by atoms with van der Waals surface area (Å²) in [6, 6.07) is 1.29. The summed E-state index contributed by atoms with van der Waals surface area (Å²) in [4.78, 5) is 18.5. The van der Waals surface area contributed by atoms with Crippen molar-refractivity contribution < 1.29 is 13.6 Å². The van der Waals surface area contributed by atoms with Crippen molar-refractivity contribution in [2.24, 2.45) is 0 Å². The molecular formula is C15H20F2N4O. The molecular weight excluding hydrogens is 290 g/mol. The number of carbonyl (C=O) groups is 1. The van der Waals surface area contributed by atoms with Crippen LogP contribution in [0.1, 0.15) is 54.9 Å². The zero-order valence-electron chi connectivity index (χ0n) is 13.0. The number of fused-ring (bicyclic) bond motifs is 1. The average molecular weight is 310 g/mol. The number of unbranched alkanes of at least 4 members (excludes halogenated alkanes) is 1. The van der Waals surface area contributed by atoms with Gasteiger partial charge in [-0.25, -0.2) is 18.3 Å². The number of carbonyl (C=O) groups excluding carboxylic acids is 1. The molecule has 7 heteroatoms. The lowest BCUT2D eigenvalue weighted by molar-refractivity contribution is 0.0764. The van der Waals surface area contributed by atoms with Crippen LogP contribution in [-0.2, 0) is 0 Å². The predicted molar refractivity (Wildman–Crippen MR) is 79.2 cm³/mol. The van der Waals surface area contributed by atoms with Crippen molar-refractivity contribution in [3.63, 3.8) is 0 Å². The second-order valence-electron chi connectivity index (χ2n) is 5.16. The summed E-state index contributed by atoms with van der Waals surface area (Å²) in [5.74, 6) is -0.218. The third-order valence-corrected chi connectivity index (χ3v) is 3.53. The first-order valence-corrected chi connectivity index (χ1v) is 7.42. The van der Waals surface area contributed by atoms with Gasteiger partial charge in [-0.3, -0.25) is 4.79 Å². The van der Waals surface area contributed by atoms with Gasteiger partial charge in [0.1, 0.15) is 11.3 Å². The molecule has 0 unspecified atom stereocenters. The summed E-state index contributed by atoms with van der Waals surface area (Å²) in [5, 5.41) is 3.93. The Morgan fingerprint density at radius 3 is 2.73 bits per heavy atom. The fourth-order valence-corrected chi connectivity index (χ4v) is 2.34. The van der Waals surface area contributed by atoms with Crippen molar-refractivity contribution in [3.05, 3.63) is 29.2 Å². The number of nitrogens with zero attached hydrogens (tertiary/aromatic N) is 4. The fraction of sp³-hybridized carbons (Fsp3) is 0.533. The van der Waals surface area contributed by atoms with E-state index in [1.54, 1.807) is 11.8 Å². The summed E-state index contributed by atoms with van der Waals surface area (Å²) in [7, 11) is 0. The molecule has 0 aliphatic rings. The van der Waals surface area contributed by atoms with E-state index in [1.807, 2.05) is 13.8 Å². The summed E-state index contributed by atoms with van der Waals surface area (Å²) in [6.07, 6.45) is 0.526. The minimum Gasteiger partial charge on any atom is -0.339 e. The number of aromatic nitrogens is 3. The van der Waals surface area contributed by atoms with Crippen LogP contribution in [0.4, 0.5) is 8.78 Å². The van der Waals surface area contributed by atoms with Crippen molar-refractivity contribution in [1.82, 2.24) is 19.5 Å². The van der Waals surface area contributed by atoms with Crippen LogP contribution < -0.4 is 0 Å². The molecule has 120 valence electrons. The molecule has 0 atom stereocenters. The Morgan fingerprint density at radius 2 is 2.14 bits per heavy atom. The van der Waals surface area contributed by atoms with Gasteiger partial charge in [-0.15, -0.1) is 0 Å². The number of hydrogen-bond donors (Lipinski definition) is 0. The zero-order valence-corrected chi connectivity index (χ0v) is 13.0. The summed E-state index contributed by atoms with van der Waals surface area (Å²) >= 11 is 0. The smallest absolute Gasteiger partial charge is 0.280 e. The van der Waals surface area contributed by atoms with Crippen LogP contribution in [0.5, 0.6) is 0 Å². The lowest BCUT2D eigenvalue weighted by atomic mass is 10.2. The topological polar surface area (TPSA) is 50.5 Å². The molecule has 0 N–H and O–H groups in total. The summed E-state index contributed by atoms with van der Waals surface area (Å²) < 4.78 is 27.2. The molecule has 5 nitrogen and oxygen atoms in total. The second kappa shape index (κ2) is 6.81. The van der Waals surface area contributed by atoms with Crippen LogP contribution in [-0.4, -0.2) is 38.5 Å². The Morgan fingerprint density at radius 1 is 1.41 bits per heavy atom. The van der Waals surface area contributed by atoms with E-state index >= 15 is 0 Å². The van der Waals surface area contributed by atoms with E-state index in [4.69, 9.17) is 0 Å². The van der Waals surface area contributed by atoms with Crippen molar-refractivity contribution in [3.8, 4) is 0 Å². The van der Waals surface area contributed by atoms with Crippen molar-refractivity contribution in [1.29, 1.82) is 0 Å². The largest absolute Gasteiger partial charge is 0.339 e. The highest BCUT2D eigenvalue weighted by Crippen LogP contribution is 2.22. The minimum atomic E-state index is -2.67. The highest BCUT2D eigenvalue weighted by Gasteiger charge is 2.22. The molecule has 2 aromatic heterocycles. The van der Waals surface area contributed by atoms with Crippen LogP contribution in [0.2, 0.25) is 0 Å². The van der Waals surface area contributed by atoms with E-state index in [9.17, 15) is 13.6 Å². The van der Waals surface area contributed by atoms with Crippen molar-refractivity contribution >= 4 is 11.6 Å². The van der Waals surface area contributed by atoms with E-state index in [0.717, 1.165) is 17.4 Å². The average Bonchev–Trinajstić information content (AvgIpc) is 2.90. The van der Waals surface area contributed by atoms with Crippen LogP contribution in [0.15, 0.2) is 12.3 Å². The third-order valence-electron chi connectivity index (χ3n) is 3.53. The molecule has 2 aromatic rings. The lowest BCUT2D eigenvalue weighted by Crippen LogP contribution is -2.31. The van der Waals surface area contributed by atoms with Gasteiger partial charge in [-0.1, -0.05) is 13.3 Å². The van der Waals surface area contributed by atoms with Gasteiger partial charge in [-0.2, -0.15) is 5.10 Å². The van der Waals surface area contributed by atoms with Gasteiger partial charge in [0.2, 0.25) is 0 Å². The minimum absolute atomic E-state index is 0.190. The van der Waals surface area contributed by atoms with E-state index in [-0.39, 0.29) is 22.8 Å². The Hall–Kier alpha value is -2.05. The molecule has 0 radical (unpaired) electrons. The van der Waals surface area contributed by atoms with Crippen molar-refractivity contribution in [2.45, 2.75) is 40.0 Å². The van der Waals surface area contributed by atoms with Gasteiger partial charge in [0.15, 0.2) is 5.65 Å². The number of halogens is 2. The molecule has 0 saturated carbocycles. The monoisotopic (exact) mass is 310 g/mol. The van der Waals surface area contributed by atoms with Gasteiger partial charge in [0.05, 0.1) is 6.20 Å². The highest BCUT2D eigenvalue weighted by molar-refractivity contribution is 5.99. The SMILES string of the molecule is CCCCN(CC)C(=O)c1cnn2c(C(F)F)cc(C)nc12. The number of aryl methyl sites for hydroxylation is 1. The Kier molecular flexibility index (Phi) is 5.05. The van der Waals surface area contributed by atoms with Gasteiger partial charge >= 0.3 is 0 Å². The molecule has 0 fully saturated rings. The van der Waals surface area contributed by atoms with E-state index in [0.29, 0.717) is 18.8 Å². The van der Waals surface area contributed by atoms with Crippen LogP contribution >= 0.6 is 0 Å². The van der Waals surface area contributed by atoms with E-state index in [2.05, 4.69) is 10.1 Å². The second-order valence-corrected chi connectivity index (χ2v) is 5.16. The lowest BCUT2D eigenvalue weighted by Gasteiger charge is -2.19. The van der Waals surface area contributed by atoms with E-state index in [1.165, 1.54) is 12.3 Å². The molecule has 0 aromatic carbocycles. The van der Waals surface area contributed by atoms with Crippen LogP contribution in [0, 0.1) is 6.92 Å². The molecule has 0 spiro atoms. The first-order chi connectivity index (χ1) is 10.5. The van der Waals surface area contributed by atoms with E-state index < -0.39 is 6.43 Å². The summed E-state index contributed by atoms with van der Waals surface area (Å²) in [6.45, 7) is 6.76. The zero-order chi connectivity index (χ0) is 16.3. The maximum absolute atomic E-state index is 13.1. The van der Waals surface area contributed by atoms with Gasteiger partial charge in [-0.05, 0) is 26.3 Å².